The Morgan fingerprint density at radius 2 is 2.32 bits per heavy atom. The molecule has 1 aliphatic heterocycles. The van der Waals surface area contributed by atoms with Crippen LogP contribution in [-0.2, 0) is 11.3 Å². The van der Waals surface area contributed by atoms with Gasteiger partial charge in [-0.15, -0.1) is 0 Å². The molecule has 1 saturated heterocycles. The summed E-state index contributed by atoms with van der Waals surface area (Å²) in [6.45, 7) is 7.03. The van der Waals surface area contributed by atoms with Gasteiger partial charge in [-0.2, -0.15) is 0 Å². The molecule has 6 heteroatoms. The molecule has 0 radical (unpaired) electrons. The second-order valence-electron chi connectivity index (χ2n) is 5.34. The van der Waals surface area contributed by atoms with Crippen molar-refractivity contribution >= 4 is 11.6 Å². The molecule has 1 aliphatic rings. The summed E-state index contributed by atoms with van der Waals surface area (Å²) >= 11 is 0. The molecule has 6 nitrogen and oxygen atoms in total. The van der Waals surface area contributed by atoms with Gasteiger partial charge in [-0.1, -0.05) is 13.8 Å². The summed E-state index contributed by atoms with van der Waals surface area (Å²) in [5, 5.41) is 0. The van der Waals surface area contributed by atoms with Gasteiger partial charge in [-0.25, -0.2) is 15.8 Å². The minimum atomic E-state index is 0.393. The molecule has 0 saturated carbocycles. The summed E-state index contributed by atoms with van der Waals surface area (Å²) in [5.74, 6) is 9.11. The van der Waals surface area contributed by atoms with E-state index in [-0.39, 0.29) is 0 Å². The standard InChI is InChI=1S/C13H23N5O/c1-9(2)10-4-5-18(7-10)13-6-11(17-14)15-12(16-13)8-19-3/h6,9-10H,4-5,7-8,14H2,1-3H3,(H,15,16,17). The van der Waals surface area contributed by atoms with Crippen LogP contribution in [0.2, 0.25) is 0 Å². The van der Waals surface area contributed by atoms with Crippen LogP contribution in [-0.4, -0.2) is 30.2 Å². The molecule has 1 fully saturated rings. The topological polar surface area (TPSA) is 76.3 Å². The molecule has 1 atom stereocenters. The molecule has 106 valence electrons. The Hall–Kier alpha value is -1.40. The van der Waals surface area contributed by atoms with Crippen LogP contribution < -0.4 is 16.2 Å². The van der Waals surface area contributed by atoms with Gasteiger partial charge < -0.3 is 15.1 Å². The van der Waals surface area contributed by atoms with Crippen molar-refractivity contribution in [2.45, 2.75) is 26.9 Å². The zero-order valence-electron chi connectivity index (χ0n) is 11.9. The molecular formula is C13H23N5O. The van der Waals surface area contributed by atoms with Crippen molar-refractivity contribution in [1.29, 1.82) is 0 Å². The number of nitrogens with two attached hydrogens (primary N) is 1. The van der Waals surface area contributed by atoms with E-state index in [1.165, 1.54) is 6.42 Å². The molecule has 0 amide bonds. The fourth-order valence-electron chi connectivity index (χ4n) is 2.45. The average molecular weight is 265 g/mol. The first-order chi connectivity index (χ1) is 9.13. The first kappa shape index (κ1) is 14.0. The van der Waals surface area contributed by atoms with Crippen LogP contribution in [0, 0.1) is 11.8 Å². The third kappa shape index (κ3) is 3.33. The molecule has 0 bridgehead atoms. The molecule has 2 rings (SSSR count). The van der Waals surface area contributed by atoms with Gasteiger partial charge in [-0.05, 0) is 18.3 Å². The number of methoxy groups -OCH3 is 1. The number of hydrogen-bond donors (Lipinski definition) is 2. The van der Waals surface area contributed by atoms with E-state index >= 15 is 0 Å². The number of nitrogens with one attached hydrogen (secondary N) is 1. The lowest BCUT2D eigenvalue weighted by atomic mass is 9.95. The maximum absolute atomic E-state index is 5.46. The highest BCUT2D eigenvalue weighted by atomic mass is 16.5. The minimum Gasteiger partial charge on any atom is -0.377 e. The lowest BCUT2D eigenvalue weighted by Gasteiger charge is -2.20. The molecular weight excluding hydrogens is 242 g/mol. The number of aromatic nitrogens is 2. The summed E-state index contributed by atoms with van der Waals surface area (Å²) in [6, 6.07) is 1.89. The molecule has 1 aromatic heterocycles. The van der Waals surface area contributed by atoms with E-state index in [2.05, 4.69) is 34.1 Å². The van der Waals surface area contributed by atoms with E-state index in [9.17, 15) is 0 Å². The smallest absolute Gasteiger partial charge is 0.158 e. The molecule has 0 aromatic carbocycles. The molecule has 3 N–H and O–H groups in total. The highest BCUT2D eigenvalue weighted by molar-refractivity contribution is 5.49. The first-order valence-corrected chi connectivity index (χ1v) is 6.72. The number of hydrogen-bond acceptors (Lipinski definition) is 6. The third-order valence-electron chi connectivity index (χ3n) is 3.67. The minimum absolute atomic E-state index is 0.393. The summed E-state index contributed by atoms with van der Waals surface area (Å²) in [5.41, 5.74) is 2.59. The van der Waals surface area contributed by atoms with Crippen LogP contribution in [0.1, 0.15) is 26.1 Å². The number of hydrazine groups is 1. The molecule has 0 aliphatic carbocycles. The first-order valence-electron chi connectivity index (χ1n) is 6.72. The average Bonchev–Trinajstić information content (AvgIpc) is 2.88. The van der Waals surface area contributed by atoms with Gasteiger partial charge in [0.1, 0.15) is 18.2 Å². The second-order valence-corrected chi connectivity index (χ2v) is 5.34. The monoisotopic (exact) mass is 265 g/mol. The number of ether oxygens (including phenoxy) is 1. The normalized spacial score (nSPS) is 19.2. The van der Waals surface area contributed by atoms with Crippen LogP contribution in [0.15, 0.2) is 6.07 Å². The van der Waals surface area contributed by atoms with E-state index in [4.69, 9.17) is 10.6 Å². The van der Waals surface area contributed by atoms with Gasteiger partial charge in [0, 0.05) is 26.3 Å². The Kier molecular flexibility index (Phi) is 4.55. The molecule has 2 heterocycles. The maximum Gasteiger partial charge on any atom is 0.158 e. The summed E-state index contributed by atoms with van der Waals surface area (Å²) in [6.07, 6.45) is 1.21. The van der Waals surface area contributed by atoms with E-state index < -0.39 is 0 Å². The Balaban J connectivity index is 2.17. The fraction of sp³-hybridized carbons (Fsp3) is 0.692. The molecule has 1 aromatic rings. The van der Waals surface area contributed by atoms with Crippen molar-refractivity contribution in [3.8, 4) is 0 Å². The largest absolute Gasteiger partial charge is 0.377 e. The van der Waals surface area contributed by atoms with Crippen LogP contribution in [0.25, 0.3) is 0 Å². The van der Waals surface area contributed by atoms with Gasteiger partial charge >= 0.3 is 0 Å². The highest BCUT2D eigenvalue weighted by Crippen LogP contribution is 2.28. The lowest BCUT2D eigenvalue weighted by molar-refractivity contribution is 0.178. The fourth-order valence-corrected chi connectivity index (χ4v) is 2.45. The zero-order valence-corrected chi connectivity index (χ0v) is 11.9. The Bertz CT molecular complexity index is 423. The van der Waals surface area contributed by atoms with Gasteiger partial charge in [0.25, 0.3) is 0 Å². The number of nitrogen functional groups attached to an aromatic ring is 1. The van der Waals surface area contributed by atoms with Gasteiger partial charge in [0.15, 0.2) is 5.82 Å². The van der Waals surface area contributed by atoms with E-state index in [0.717, 1.165) is 24.8 Å². The van der Waals surface area contributed by atoms with Gasteiger partial charge in [-0.3, -0.25) is 0 Å². The van der Waals surface area contributed by atoms with Crippen LogP contribution in [0.5, 0.6) is 0 Å². The van der Waals surface area contributed by atoms with E-state index in [0.29, 0.717) is 24.2 Å². The molecule has 19 heavy (non-hydrogen) atoms. The van der Waals surface area contributed by atoms with Crippen LogP contribution >= 0.6 is 0 Å². The van der Waals surface area contributed by atoms with Crippen LogP contribution in [0.3, 0.4) is 0 Å². The van der Waals surface area contributed by atoms with Crippen molar-refractivity contribution in [3.63, 3.8) is 0 Å². The molecule has 1 unspecified atom stereocenters. The second kappa shape index (κ2) is 6.16. The predicted molar refractivity (Wildman–Crippen MR) is 75.7 cm³/mol. The molecule has 0 spiro atoms. The van der Waals surface area contributed by atoms with Crippen LogP contribution in [0.4, 0.5) is 11.6 Å². The number of rotatable bonds is 5. The summed E-state index contributed by atoms with van der Waals surface area (Å²) in [4.78, 5) is 11.1. The third-order valence-corrected chi connectivity index (χ3v) is 3.67. The van der Waals surface area contributed by atoms with Crippen molar-refractivity contribution in [2.75, 3.05) is 30.5 Å². The van der Waals surface area contributed by atoms with Crippen molar-refractivity contribution in [2.24, 2.45) is 17.7 Å². The van der Waals surface area contributed by atoms with Crippen molar-refractivity contribution in [1.82, 2.24) is 9.97 Å². The summed E-state index contributed by atoms with van der Waals surface area (Å²) in [7, 11) is 1.64. The SMILES string of the molecule is COCc1nc(NN)cc(N2CCC(C(C)C)C2)n1. The van der Waals surface area contributed by atoms with E-state index in [1.54, 1.807) is 7.11 Å². The number of nitrogens with zero attached hydrogens (tertiary/aromatic N) is 3. The van der Waals surface area contributed by atoms with Gasteiger partial charge in [0.2, 0.25) is 0 Å². The van der Waals surface area contributed by atoms with Crippen molar-refractivity contribution in [3.05, 3.63) is 11.9 Å². The predicted octanol–water partition coefficient (Wildman–Crippen LogP) is 1.39. The Labute approximate surface area is 114 Å². The zero-order chi connectivity index (χ0) is 13.8. The summed E-state index contributed by atoms with van der Waals surface area (Å²) < 4.78 is 5.09. The maximum atomic E-state index is 5.46. The Morgan fingerprint density at radius 3 is 2.89 bits per heavy atom. The van der Waals surface area contributed by atoms with E-state index in [1.807, 2.05) is 6.07 Å². The highest BCUT2D eigenvalue weighted by Gasteiger charge is 2.26. The van der Waals surface area contributed by atoms with Crippen molar-refractivity contribution < 1.29 is 4.74 Å². The quantitative estimate of drug-likeness (QED) is 0.619. The van der Waals surface area contributed by atoms with Gasteiger partial charge in [0.05, 0.1) is 0 Å². The number of anilines is 2. The Morgan fingerprint density at radius 1 is 1.53 bits per heavy atom. The lowest BCUT2D eigenvalue weighted by Crippen LogP contribution is -2.23.